The lowest BCUT2D eigenvalue weighted by Crippen LogP contribution is -1.93. The largest absolute Gasteiger partial charge is 0.495 e. The van der Waals surface area contributed by atoms with Crippen LogP contribution in [0.5, 0.6) is 5.75 Å². The molecule has 0 aliphatic rings. The Bertz CT molecular complexity index is 263. The number of methoxy groups -OCH3 is 1. The monoisotopic (exact) mass is 185 g/mol. The van der Waals surface area contributed by atoms with Crippen LogP contribution in [-0.4, -0.2) is 11.7 Å². The zero-order valence-electron chi connectivity index (χ0n) is 7.00. The van der Waals surface area contributed by atoms with Crippen LogP contribution >= 0.6 is 12.0 Å². The van der Waals surface area contributed by atoms with Crippen molar-refractivity contribution >= 4 is 17.7 Å². The van der Waals surface area contributed by atoms with E-state index in [0.29, 0.717) is 23.5 Å². The summed E-state index contributed by atoms with van der Waals surface area (Å²) in [7, 11) is 1.55. The summed E-state index contributed by atoms with van der Waals surface area (Å²) in [6, 6.07) is 3.49. The molecule has 66 valence electrons. The maximum atomic E-state index is 8.85. The van der Waals surface area contributed by atoms with E-state index in [9.17, 15) is 0 Å². The van der Waals surface area contributed by atoms with Crippen LogP contribution in [0.2, 0.25) is 0 Å². The highest BCUT2D eigenvalue weighted by molar-refractivity contribution is 7.93. The lowest BCUT2D eigenvalue weighted by atomic mass is 10.2. The van der Waals surface area contributed by atoms with Gasteiger partial charge in [0.25, 0.3) is 0 Å². The highest BCUT2D eigenvalue weighted by atomic mass is 32.2. The van der Waals surface area contributed by atoms with Gasteiger partial charge in [-0.25, -0.2) is 0 Å². The first-order chi connectivity index (χ1) is 5.69. The van der Waals surface area contributed by atoms with E-state index in [2.05, 4.69) is 0 Å². The third-order valence-electron chi connectivity index (χ3n) is 1.63. The molecule has 0 aromatic heterocycles. The van der Waals surface area contributed by atoms with E-state index in [-0.39, 0.29) is 0 Å². The van der Waals surface area contributed by atoms with E-state index in [1.165, 1.54) is 0 Å². The molecule has 3 nitrogen and oxygen atoms in total. The summed E-state index contributed by atoms with van der Waals surface area (Å²) in [6.07, 6.45) is 0. The molecule has 0 unspecified atom stereocenters. The molecule has 1 aromatic carbocycles. The van der Waals surface area contributed by atoms with Crippen LogP contribution in [0.1, 0.15) is 5.56 Å². The summed E-state index contributed by atoms with van der Waals surface area (Å²) < 4.78 is 13.8. The average molecular weight is 185 g/mol. The normalized spacial score (nSPS) is 9.92. The molecule has 0 fully saturated rings. The van der Waals surface area contributed by atoms with Gasteiger partial charge in [0.05, 0.1) is 12.8 Å². The van der Waals surface area contributed by atoms with Crippen LogP contribution in [-0.2, 0) is 0 Å². The van der Waals surface area contributed by atoms with Gasteiger partial charge in [0.1, 0.15) is 5.75 Å². The Morgan fingerprint density at radius 1 is 1.50 bits per heavy atom. The van der Waals surface area contributed by atoms with Crippen LogP contribution in [0.4, 0.5) is 5.69 Å². The Kier molecular flexibility index (Phi) is 2.83. The number of rotatable bonds is 2. The number of nitrogens with two attached hydrogens (primary N) is 1. The Morgan fingerprint density at radius 3 is 2.67 bits per heavy atom. The highest BCUT2D eigenvalue weighted by Gasteiger charge is 2.04. The summed E-state index contributed by atoms with van der Waals surface area (Å²) >= 11 is 0.698. The van der Waals surface area contributed by atoms with Gasteiger partial charge in [-0.05, 0) is 24.6 Å². The number of anilines is 1. The Morgan fingerprint density at radius 2 is 2.17 bits per heavy atom. The fourth-order valence-corrected chi connectivity index (χ4v) is 1.33. The summed E-state index contributed by atoms with van der Waals surface area (Å²) in [4.78, 5) is 0.765. The second kappa shape index (κ2) is 3.69. The van der Waals surface area contributed by atoms with Crippen LogP contribution in [0, 0.1) is 6.92 Å². The number of ether oxygens (including phenoxy) is 1. The van der Waals surface area contributed by atoms with Gasteiger partial charge < -0.3 is 15.0 Å². The molecule has 0 heterocycles. The minimum absolute atomic E-state index is 0.591. The molecule has 0 spiro atoms. The zero-order valence-corrected chi connectivity index (χ0v) is 7.81. The fourth-order valence-electron chi connectivity index (χ4n) is 0.967. The topological polar surface area (TPSA) is 55.5 Å². The van der Waals surface area contributed by atoms with E-state index in [1.807, 2.05) is 6.92 Å². The van der Waals surface area contributed by atoms with Gasteiger partial charge in [-0.15, -0.1) is 0 Å². The molecule has 0 amide bonds. The Balaban J connectivity index is 3.18. The zero-order chi connectivity index (χ0) is 9.14. The third-order valence-corrected chi connectivity index (χ3v) is 2.26. The van der Waals surface area contributed by atoms with E-state index in [0.717, 1.165) is 10.5 Å². The minimum atomic E-state index is 0.591. The lowest BCUT2D eigenvalue weighted by Gasteiger charge is -2.07. The SMILES string of the molecule is COc1cc(SO)c(C)cc1N. The smallest absolute Gasteiger partial charge is 0.142 e. The molecule has 0 radical (unpaired) electrons. The van der Waals surface area contributed by atoms with Crippen LogP contribution in [0.3, 0.4) is 0 Å². The molecule has 1 rings (SSSR count). The Labute approximate surface area is 75.7 Å². The first-order valence-electron chi connectivity index (χ1n) is 3.44. The first kappa shape index (κ1) is 9.22. The molecule has 0 bridgehead atoms. The Hall–Kier alpha value is -0.870. The molecule has 0 saturated carbocycles. The van der Waals surface area contributed by atoms with Gasteiger partial charge in [0.2, 0.25) is 0 Å². The molecular formula is C8H11NO2S. The van der Waals surface area contributed by atoms with Gasteiger partial charge in [0.15, 0.2) is 0 Å². The van der Waals surface area contributed by atoms with Crippen molar-refractivity contribution in [1.82, 2.24) is 0 Å². The first-order valence-corrected chi connectivity index (χ1v) is 4.22. The molecule has 4 heteroatoms. The second-order valence-electron chi connectivity index (χ2n) is 2.45. The van der Waals surface area contributed by atoms with Gasteiger partial charge >= 0.3 is 0 Å². The van der Waals surface area contributed by atoms with Crippen molar-refractivity contribution in [2.45, 2.75) is 11.8 Å². The molecule has 1 aromatic rings. The molecular weight excluding hydrogens is 174 g/mol. The number of hydrogen-bond donors (Lipinski definition) is 2. The van der Waals surface area contributed by atoms with Gasteiger partial charge in [-0.2, -0.15) is 0 Å². The quantitative estimate of drug-likeness (QED) is 0.547. The number of aryl methyl sites for hydroxylation is 1. The van der Waals surface area contributed by atoms with Gasteiger partial charge in [-0.1, -0.05) is 0 Å². The predicted octanol–water partition coefficient (Wildman–Crippen LogP) is 2.15. The fraction of sp³-hybridized carbons (Fsp3) is 0.250. The van der Waals surface area contributed by atoms with Crippen LogP contribution in [0.15, 0.2) is 17.0 Å². The van der Waals surface area contributed by atoms with Crippen molar-refractivity contribution < 1.29 is 9.29 Å². The van der Waals surface area contributed by atoms with E-state index >= 15 is 0 Å². The summed E-state index contributed by atoms with van der Waals surface area (Å²) in [5.41, 5.74) is 7.18. The molecule has 0 atom stereocenters. The summed E-state index contributed by atoms with van der Waals surface area (Å²) in [5, 5.41) is 0. The maximum Gasteiger partial charge on any atom is 0.142 e. The van der Waals surface area contributed by atoms with E-state index in [1.54, 1.807) is 19.2 Å². The lowest BCUT2D eigenvalue weighted by molar-refractivity contribution is 0.415. The van der Waals surface area contributed by atoms with Crippen LogP contribution < -0.4 is 10.5 Å². The molecule has 0 saturated heterocycles. The average Bonchev–Trinajstić information content (AvgIpc) is 2.05. The standard InChI is InChI=1S/C8H11NO2S/c1-5-3-6(9)7(11-2)4-8(5)12-10/h3-4,10H,9H2,1-2H3. The third kappa shape index (κ3) is 1.65. The molecule has 12 heavy (non-hydrogen) atoms. The molecule has 0 aliphatic heterocycles. The second-order valence-corrected chi connectivity index (χ2v) is 3.07. The summed E-state index contributed by atoms with van der Waals surface area (Å²) in [6.45, 7) is 1.88. The van der Waals surface area contributed by atoms with Gasteiger partial charge in [-0.3, -0.25) is 0 Å². The molecule has 3 N–H and O–H groups in total. The predicted molar refractivity (Wildman–Crippen MR) is 50.6 cm³/mol. The van der Waals surface area contributed by atoms with Gasteiger partial charge in [0, 0.05) is 16.9 Å². The number of hydrogen-bond acceptors (Lipinski definition) is 4. The van der Waals surface area contributed by atoms with Crippen molar-refractivity contribution in [3.63, 3.8) is 0 Å². The minimum Gasteiger partial charge on any atom is -0.495 e. The van der Waals surface area contributed by atoms with Crippen molar-refractivity contribution in [3.8, 4) is 5.75 Å². The van der Waals surface area contributed by atoms with E-state index < -0.39 is 0 Å². The van der Waals surface area contributed by atoms with Crippen molar-refractivity contribution in [2.75, 3.05) is 12.8 Å². The number of nitrogen functional groups attached to an aromatic ring is 1. The highest BCUT2D eigenvalue weighted by Crippen LogP contribution is 2.30. The molecule has 0 aliphatic carbocycles. The van der Waals surface area contributed by atoms with Crippen LogP contribution in [0.25, 0.3) is 0 Å². The number of benzene rings is 1. The van der Waals surface area contributed by atoms with E-state index in [4.69, 9.17) is 15.0 Å². The summed E-state index contributed by atoms with van der Waals surface area (Å²) in [5.74, 6) is 0.595. The van der Waals surface area contributed by atoms with Crippen molar-refractivity contribution in [3.05, 3.63) is 17.7 Å². The maximum absolute atomic E-state index is 8.85. The van der Waals surface area contributed by atoms with Crippen molar-refractivity contribution in [1.29, 1.82) is 0 Å². The van der Waals surface area contributed by atoms with Crippen molar-refractivity contribution in [2.24, 2.45) is 0 Å².